The Morgan fingerprint density at radius 1 is 1.19 bits per heavy atom. The van der Waals surface area contributed by atoms with Crippen molar-refractivity contribution in [2.45, 2.75) is 57.5 Å². The molecule has 0 aliphatic rings. The third-order valence-corrected chi connectivity index (χ3v) is 6.28. The minimum atomic E-state index is -0.446. The third kappa shape index (κ3) is 5.75. The number of aryl methyl sites for hydroxylation is 2. The van der Waals surface area contributed by atoms with Crippen LogP contribution in [0.5, 0.6) is 5.75 Å². The molecule has 170 valence electrons. The van der Waals surface area contributed by atoms with Crippen molar-refractivity contribution in [3.8, 4) is 5.75 Å². The number of hydrogen-bond donors (Lipinski definition) is 2. The fourth-order valence-corrected chi connectivity index (χ4v) is 4.01. The van der Waals surface area contributed by atoms with E-state index in [1.165, 1.54) is 16.4 Å². The fraction of sp³-hybridized carbons (Fsp3) is 0.348. The van der Waals surface area contributed by atoms with Crippen LogP contribution in [0.15, 0.2) is 41.6 Å². The van der Waals surface area contributed by atoms with Crippen molar-refractivity contribution in [2.24, 2.45) is 0 Å². The number of anilines is 1. The molecule has 3 aromatic rings. The van der Waals surface area contributed by atoms with Crippen LogP contribution < -0.4 is 15.9 Å². The van der Waals surface area contributed by atoms with E-state index in [0.717, 1.165) is 22.4 Å². The molecule has 1 heterocycles. The number of benzene rings is 2. The highest BCUT2D eigenvalue weighted by molar-refractivity contribution is 8.00. The molecule has 0 aliphatic heterocycles. The zero-order valence-corrected chi connectivity index (χ0v) is 20.4. The molecule has 0 saturated carbocycles. The van der Waals surface area contributed by atoms with Gasteiger partial charge in [0.2, 0.25) is 11.1 Å². The first-order valence-corrected chi connectivity index (χ1v) is 11.6. The highest BCUT2D eigenvalue weighted by Gasteiger charge is 2.20. The molecular weight excluding hydrogens is 446 g/mol. The van der Waals surface area contributed by atoms with Crippen LogP contribution in [0.1, 0.15) is 49.2 Å². The van der Waals surface area contributed by atoms with Gasteiger partial charge in [-0.05, 0) is 61.6 Å². The number of amides is 1. The summed E-state index contributed by atoms with van der Waals surface area (Å²) in [5.74, 6) is 7.61. The minimum Gasteiger partial charge on any atom is -0.485 e. The van der Waals surface area contributed by atoms with Crippen LogP contribution in [-0.4, -0.2) is 26.0 Å². The maximum Gasteiger partial charge on any atom is 0.237 e. The maximum absolute atomic E-state index is 12.6. The van der Waals surface area contributed by atoms with Crippen LogP contribution in [0, 0.1) is 13.8 Å². The molecule has 1 unspecified atom stereocenters. The molecule has 0 spiro atoms. The summed E-state index contributed by atoms with van der Waals surface area (Å²) in [6.07, 6.45) is 0. The van der Waals surface area contributed by atoms with Crippen LogP contribution in [-0.2, 0) is 11.4 Å². The second-order valence-electron chi connectivity index (χ2n) is 7.96. The lowest BCUT2D eigenvalue weighted by Gasteiger charge is -2.15. The fourth-order valence-electron chi connectivity index (χ4n) is 3.05. The summed E-state index contributed by atoms with van der Waals surface area (Å²) in [6, 6.07) is 11.5. The highest BCUT2D eigenvalue weighted by atomic mass is 35.5. The molecule has 1 atom stereocenters. The Morgan fingerprint density at radius 2 is 1.94 bits per heavy atom. The van der Waals surface area contributed by atoms with Gasteiger partial charge in [0, 0.05) is 10.7 Å². The molecule has 0 radical (unpaired) electrons. The molecule has 3 N–H and O–H groups in total. The van der Waals surface area contributed by atoms with E-state index < -0.39 is 5.25 Å². The Morgan fingerprint density at radius 3 is 2.66 bits per heavy atom. The topological polar surface area (TPSA) is 95.1 Å². The van der Waals surface area contributed by atoms with Crippen LogP contribution >= 0.6 is 23.4 Å². The molecule has 32 heavy (non-hydrogen) atoms. The Kier molecular flexibility index (Phi) is 7.69. The van der Waals surface area contributed by atoms with E-state index in [9.17, 15) is 4.79 Å². The normalized spacial score (nSPS) is 12.1. The molecule has 0 fully saturated rings. The molecule has 9 heteroatoms. The minimum absolute atomic E-state index is 0.176. The van der Waals surface area contributed by atoms with Crippen molar-refractivity contribution in [2.75, 3.05) is 11.2 Å². The number of nitrogens with two attached hydrogens (primary N) is 1. The van der Waals surface area contributed by atoms with E-state index in [4.69, 9.17) is 22.2 Å². The predicted octanol–water partition coefficient (Wildman–Crippen LogP) is 5.08. The van der Waals surface area contributed by atoms with E-state index in [2.05, 4.69) is 41.5 Å². The number of halogens is 1. The van der Waals surface area contributed by atoms with Crippen molar-refractivity contribution in [3.63, 3.8) is 0 Å². The number of thioether (sulfide) groups is 1. The van der Waals surface area contributed by atoms with Crippen LogP contribution in [0.2, 0.25) is 5.02 Å². The smallest absolute Gasteiger partial charge is 0.237 e. The lowest BCUT2D eigenvalue weighted by atomic mass is 10.0. The number of hydrogen-bond acceptors (Lipinski definition) is 6. The summed E-state index contributed by atoms with van der Waals surface area (Å²) in [4.78, 5) is 12.6. The third-order valence-electron chi connectivity index (χ3n) is 4.99. The number of ether oxygens (including phenoxy) is 1. The quantitative estimate of drug-likeness (QED) is 0.349. The Labute approximate surface area is 197 Å². The summed E-state index contributed by atoms with van der Waals surface area (Å²) < 4.78 is 7.38. The van der Waals surface area contributed by atoms with Gasteiger partial charge < -0.3 is 15.9 Å². The van der Waals surface area contributed by atoms with Crippen LogP contribution in [0.3, 0.4) is 0 Å². The summed E-state index contributed by atoms with van der Waals surface area (Å²) in [5.41, 5.74) is 3.84. The first kappa shape index (κ1) is 23.9. The standard InChI is InChI=1S/C23H28ClN5O2S/c1-13(2)18-9-6-14(3)10-20(18)31-12-21-27-28-23(29(21)25)32-16(5)22(30)26-19-11-17(24)8-7-15(19)4/h6-11,13,16H,12,25H2,1-5H3,(H,26,30). The van der Waals surface area contributed by atoms with Gasteiger partial charge in [0.05, 0.1) is 5.25 Å². The van der Waals surface area contributed by atoms with E-state index >= 15 is 0 Å². The van der Waals surface area contributed by atoms with Crippen molar-refractivity contribution in [1.29, 1.82) is 0 Å². The van der Waals surface area contributed by atoms with Crippen LogP contribution in [0.4, 0.5) is 5.69 Å². The molecule has 2 aromatic carbocycles. The first-order chi connectivity index (χ1) is 15.2. The monoisotopic (exact) mass is 473 g/mol. The second kappa shape index (κ2) is 10.3. The molecule has 1 aromatic heterocycles. The number of nitrogens with zero attached hydrogens (tertiary/aromatic N) is 3. The number of carbonyl (C=O) groups excluding carboxylic acids is 1. The second-order valence-corrected chi connectivity index (χ2v) is 9.71. The maximum atomic E-state index is 12.6. The largest absolute Gasteiger partial charge is 0.485 e. The average Bonchev–Trinajstić information content (AvgIpc) is 3.08. The predicted molar refractivity (Wildman–Crippen MR) is 130 cm³/mol. The van der Waals surface area contributed by atoms with Gasteiger partial charge in [-0.15, -0.1) is 10.2 Å². The molecular formula is C23H28ClN5O2S. The van der Waals surface area contributed by atoms with Crippen molar-refractivity contribution >= 4 is 35.0 Å². The van der Waals surface area contributed by atoms with Gasteiger partial charge in [0.1, 0.15) is 12.4 Å². The summed E-state index contributed by atoms with van der Waals surface area (Å²) >= 11 is 7.26. The van der Waals surface area contributed by atoms with Crippen molar-refractivity contribution in [1.82, 2.24) is 14.9 Å². The first-order valence-electron chi connectivity index (χ1n) is 10.3. The molecule has 1 amide bonds. The van der Waals surface area contributed by atoms with E-state index in [1.54, 1.807) is 19.1 Å². The number of nitrogens with one attached hydrogen (secondary N) is 1. The number of rotatable bonds is 8. The highest BCUT2D eigenvalue weighted by Crippen LogP contribution is 2.29. The zero-order chi connectivity index (χ0) is 23.4. The molecule has 0 saturated heterocycles. The van der Waals surface area contributed by atoms with E-state index in [0.29, 0.717) is 27.6 Å². The van der Waals surface area contributed by atoms with Crippen molar-refractivity contribution < 1.29 is 9.53 Å². The van der Waals surface area contributed by atoms with Gasteiger partial charge in [0.15, 0.2) is 5.82 Å². The molecule has 0 bridgehead atoms. The van der Waals surface area contributed by atoms with Crippen molar-refractivity contribution in [3.05, 3.63) is 63.9 Å². The van der Waals surface area contributed by atoms with Gasteiger partial charge in [-0.1, -0.05) is 55.4 Å². The number of aromatic nitrogens is 3. The lowest BCUT2D eigenvalue weighted by molar-refractivity contribution is -0.115. The van der Waals surface area contributed by atoms with Gasteiger partial charge in [-0.25, -0.2) is 4.68 Å². The van der Waals surface area contributed by atoms with Gasteiger partial charge >= 0.3 is 0 Å². The van der Waals surface area contributed by atoms with E-state index in [1.807, 2.05) is 26.0 Å². The Hall–Kier alpha value is -2.71. The number of nitrogen functional groups attached to an aromatic ring is 1. The molecule has 0 aliphatic carbocycles. The Balaban J connectivity index is 1.65. The number of carbonyl (C=O) groups is 1. The molecule has 3 rings (SSSR count). The zero-order valence-electron chi connectivity index (χ0n) is 18.8. The SMILES string of the molecule is Cc1ccc(C(C)C)c(OCc2nnc(SC(C)C(=O)Nc3cc(Cl)ccc3C)n2N)c1. The average molecular weight is 474 g/mol. The summed E-state index contributed by atoms with van der Waals surface area (Å²) in [7, 11) is 0. The molecule has 7 nitrogen and oxygen atoms in total. The Bertz CT molecular complexity index is 1120. The van der Waals surface area contributed by atoms with Gasteiger partial charge in [0.25, 0.3) is 0 Å². The van der Waals surface area contributed by atoms with Gasteiger partial charge in [-0.3, -0.25) is 4.79 Å². The van der Waals surface area contributed by atoms with Gasteiger partial charge in [-0.2, -0.15) is 0 Å². The van der Waals surface area contributed by atoms with E-state index in [-0.39, 0.29) is 12.5 Å². The summed E-state index contributed by atoms with van der Waals surface area (Å²) in [5, 5.41) is 11.7. The summed E-state index contributed by atoms with van der Waals surface area (Å²) in [6.45, 7) is 10.1. The van der Waals surface area contributed by atoms with Crippen LogP contribution in [0.25, 0.3) is 0 Å². The lowest BCUT2D eigenvalue weighted by Crippen LogP contribution is -2.24.